The van der Waals surface area contributed by atoms with Crippen LogP contribution in [-0.2, 0) is 11.3 Å². The van der Waals surface area contributed by atoms with E-state index in [2.05, 4.69) is 9.72 Å². The van der Waals surface area contributed by atoms with Gasteiger partial charge in [-0.15, -0.1) is 0 Å². The summed E-state index contributed by atoms with van der Waals surface area (Å²) in [6.07, 6.45) is -14.5. The minimum atomic E-state index is -5.86. The molecule has 0 unspecified atom stereocenters. The third-order valence-corrected chi connectivity index (χ3v) is 4.69. The maximum atomic E-state index is 13.0. The van der Waals surface area contributed by atoms with Crippen LogP contribution in [0.4, 0.5) is 26.3 Å². The van der Waals surface area contributed by atoms with E-state index in [9.17, 15) is 35.9 Å². The van der Waals surface area contributed by atoms with Crippen LogP contribution in [0.15, 0.2) is 24.5 Å². The Balaban J connectivity index is 2.08. The molecule has 1 aliphatic rings. The van der Waals surface area contributed by atoms with E-state index in [0.717, 1.165) is 6.33 Å². The van der Waals surface area contributed by atoms with Crippen molar-refractivity contribution in [2.75, 3.05) is 13.7 Å². The highest BCUT2D eigenvalue weighted by molar-refractivity contribution is 5.99. The molecule has 0 bridgehead atoms. The van der Waals surface area contributed by atoms with Gasteiger partial charge in [-0.2, -0.15) is 26.3 Å². The van der Waals surface area contributed by atoms with Crippen LogP contribution in [0.5, 0.6) is 5.75 Å². The van der Waals surface area contributed by atoms with E-state index in [-0.39, 0.29) is 30.0 Å². The second-order valence-corrected chi connectivity index (χ2v) is 6.89. The fourth-order valence-corrected chi connectivity index (χ4v) is 3.28. The second kappa shape index (κ2) is 8.36. The molecule has 2 heterocycles. The lowest BCUT2D eigenvalue weighted by molar-refractivity contribution is -0.307. The van der Waals surface area contributed by atoms with Crippen LogP contribution >= 0.6 is 0 Å². The molecule has 1 aromatic heterocycles. The monoisotopic (exact) mass is 465 g/mol. The van der Waals surface area contributed by atoms with E-state index in [1.54, 1.807) is 6.92 Å². The molecule has 2 aromatic rings. The predicted octanol–water partition coefficient (Wildman–Crippen LogP) is 3.90. The van der Waals surface area contributed by atoms with Crippen molar-refractivity contribution in [2.45, 2.75) is 38.3 Å². The Morgan fingerprint density at radius 1 is 1.19 bits per heavy atom. The van der Waals surface area contributed by atoms with Gasteiger partial charge < -0.3 is 14.4 Å². The van der Waals surface area contributed by atoms with E-state index in [1.165, 1.54) is 34.8 Å². The largest absolute Gasteiger partial charge is 0.497 e. The molecule has 174 valence electrons. The normalized spacial score (nSPS) is 14.2. The van der Waals surface area contributed by atoms with Crippen LogP contribution in [0.2, 0.25) is 0 Å². The number of hydrogen-bond acceptors (Lipinski definition) is 5. The summed E-state index contributed by atoms with van der Waals surface area (Å²) in [6, 6.07) is 4.42. The molecule has 0 radical (unpaired) electrons. The van der Waals surface area contributed by atoms with Gasteiger partial charge in [-0.05, 0) is 24.6 Å². The van der Waals surface area contributed by atoms with Crippen molar-refractivity contribution < 1.29 is 45.4 Å². The number of alkyl halides is 6. The number of rotatable bonds is 5. The van der Waals surface area contributed by atoms with Crippen LogP contribution in [-0.4, -0.2) is 58.4 Å². The van der Waals surface area contributed by atoms with Gasteiger partial charge in [0.05, 0.1) is 30.6 Å². The molecule has 0 saturated heterocycles. The number of esters is 1. The molecule has 7 nitrogen and oxygen atoms in total. The number of ether oxygens (including phenoxy) is 2. The summed E-state index contributed by atoms with van der Waals surface area (Å²) in [5.41, 5.74) is -0.429. The molecule has 0 saturated carbocycles. The van der Waals surface area contributed by atoms with Gasteiger partial charge in [0.15, 0.2) is 5.69 Å². The molecule has 1 amide bonds. The highest BCUT2D eigenvalue weighted by Crippen LogP contribution is 2.37. The van der Waals surface area contributed by atoms with Crippen molar-refractivity contribution >= 4 is 11.9 Å². The fourth-order valence-electron chi connectivity index (χ4n) is 3.28. The van der Waals surface area contributed by atoms with E-state index in [4.69, 9.17) is 4.74 Å². The molecule has 3 rings (SSSR count). The Hall–Kier alpha value is -3.25. The van der Waals surface area contributed by atoms with Gasteiger partial charge in [0.1, 0.15) is 12.1 Å². The third kappa shape index (κ3) is 4.36. The van der Waals surface area contributed by atoms with Crippen molar-refractivity contribution in [3.05, 3.63) is 41.5 Å². The van der Waals surface area contributed by atoms with Crippen LogP contribution in [0, 0.1) is 0 Å². The van der Waals surface area contributed by atoms with Crippen molar-refractivity contribution in [3.8, 4) is 11.4 Å². The zero-order valence-electron chi connectivity index (χ0n) is 16.8. The summed E-state index contributed by atoms with van der Waals surface area (Å²) in [5, 5.41) is 0. The summed E-state index contributed by atoms with van der Waals surface area (Å²) in [5.74, 6) is -2.00. The molecule has 0 spiro atoms. The number of imidazole rings is 1. The first-order chi connectivity index (χ1) is 14.9. The van der Waals surface area contributed by atoms with Crippen LogP contribution in [0.1, 0.15) is 39.9 Å². The van der Waals surface area contributed by atoms with Gasteiger partial charge in [-0.3, -0.25) is 9.36 Å². The molecule has 1 aliphatic heterocycles. The topological polar surface area (TPSA) is 73.7 Å². The SMILES string of the molecule is CCCN1Cc2c(C(=O)OC(C(F)(F)F)C(F)(F)F)ncn2-c2ccc(OC)cc2C1=O. The predicted molar refractivity (Wildman–Crippen MR) is 96.5 cm³/mol. The van der Waals surface area contributed by atoms with Crippen LogP contribution in [0.25, 0.3) is 5.69 Å². The van der Waals surface area contributed by atoms with Gasteiger partial charge >= 0.3 is 18.3 Å². The minimum Gasteiger partial charge on any atom is -0.497 e. The van der Waals surface area contributed by atoms with Crippen molar-refractivity contribution in [1.82, 2.24) is 14.5 Å². The van der Waals surface area contributed by atoms with E-state index in [1.807, 2.05) is 0 Å². The first-order valence-electron chi connectivity index (χ1n) is 9.26. The molecule has 32 heavy (non-hydrogen) atoms. The highest BCUT2D eigenvalue weighted by Gasteiger charge is 2.60. The molecular formula is C19H17F6N3O4. The zero-order valence-corrected chi connectivity index (χ0v) is 16.8. The van der Waals surface area contributed by atoms with Gasteiger partial charge in [0.2, 0.25) is 0 Å². The van der Waals surface area contributed by atoms with Crippen molar-refractivity contribution in [3.63, 3.8) is 0 Å². The number of nitrogens with zero attached hydrogens (tertiary/aromatic N) is 3. The van der Waals surface area contributed by atoms with Gasteiger partial charge in [0.25, 0.3) is 12.0 Å². The highest BCUT2D eigenvalue weighted by atomic mass is 19.4. The molecule has 0 fully saturated rings. The Bertz CT molecular complexity index is 1020. The number of fused-ring (bicyclic) bond motifs is 3. The van der Waals surface area contributed by atoms with Crippen LogP contribution in [0.3, 0.4) is 0 Å². The summed E-state index contributed by atoms with van der Waals surface area (Å²) < 4.78 is 87.1. The Morgan fingerprint density at radius 2 is 1.84 bits per heavy atom. The van der Waals surface area contributed by atoms with E-state index >= 15 is 0 Å². The number of hydrogen-bond donors (Lipinski definition) is 0. The Morgan fingerprint density at radius 3 is 2.41 bits per heavy atom. The fraction of sp³-hybridized carbons (Fsp3) is 0.421. The zero-order chi connectivity index (χ0) is 23.8. The average Bonchev–Trinajstić information content (AvgIpc) is 3.07. The summed E-state index contributed by atoms with van der Waals surface area (Å²) in [6.45, 7) is 1.70. The first-order valence-corrected chi connectivity index (χ1v) is 9.26. The van der Waals surface area contributed by atoms with E-state index < -0.39 is 36.0 Å². The summed E-state index contributed by atoms with van der Waals surface area (Å²) in [7, 11) is 1.39. The number of halogens is 6. The smallest absolute Gasteiger partial charge is 0.434 e. The number of carbonyl (C=O) groups is 2. The van der Waals surface area contributed by atoms with Gasteiger partial charge in [-0.1, -0.05) is 6.92 Å². The number of carbonyl (C=O) groups excluding carboxylic acids is 2. The molecule has 1 aromatic carbocycles. The number of methoxy groups -OCH3 is 1. The number of benzene rings is 1. The maximum Gasteiger partial charge on any atom is 0.434 e. The summed E-state index contributed by atoms with van der Waals surface area (Å²) >= 11 is 0. The molecule has 0 N–H and O–H groups in total. The van der Waals surface area contributed by atoms with Gasteiger partial charge in [0, 0.05) is 6.54 Å². The molecule has 13 heteroatoms. The van der Waals surface area contributed by atoms with Crippen molar-refractivity contribution in [1.29, 1.82) is 0 Å². The molecule has 0 aliphatic carbocycles. The lowest BCUT2D eigenvalue weighted by Gasteiger charge is -2.23. The number of amides is 1. The minimum absolute atomic E-state index is 0.0798. The van der Waals surface area contributed by atoms with E-state index in [0.29, 0.717) is 12.2 Å². The third-order valence-electron chi connectivity index (χ3n) is 4.69. The Kier molecular flexibility index (Phi) is 6.11. The number of aromatic nitrogens is 2. The second-order valence-electron chi connectivity index (χ2n) is 6.89. The lowest BCUT2D eigenvalue weighted by atomic mass is 10.1. The average molecular weight is 465 g/mol. The van der Waals surface area contributed by atoms with Gasteiger partial charge in [-0.25, -0.2) is 9.78 Å². The summed E-state index contributed by atoms with van der Waals surface area (Å²) in [4.78, 5) is 30.3. The molecule has 0 atom stereocenters. The molecular weight excluding hydrogens is 448 g/mol. The quantitative estimate of drug-likeness (QED) is 0.495. The maximum absolute atomic E-state index is 13.0. The standard InChI is InChI=1S/C19H17F6N3O4/c1-3-6-27-8-13-14(16(30)32-17(18(20,21)22)19(23,24)25)26-9-28(13)12-5-4-10(31-2)7-11(12)15(27)29/h4-5,7,9,17H,3,6,8H2,1-2H3. The van der Waals surface area contributed by atoms with Crippen molar-refractivity contribution in [2.24, 2.45) is 0 Å². The Labute approximate surface area is 177 Å². The lowest BCUT2D eigenvalue weighted by Crippen LogP contribution is -2.45. The van der Waals surface area contributed by atoms with Crippen LogP contribution < -0.4 is 4.74 Å². The first kappa shape index (κ1) is 23.4.